The Kier molecular flexibility index (Phi) is 7.28. The van der Waals surface area contributed by atoms with Crippen LogP contribution in [0, 0.1) is 0 Å². The van der Waals surface area contributed by atoms with Crippen molar-refractivity contribution in [3.8, 4) is 5.75 Å². The van der Waals surface area contributed by atoms with Gasteiger partial charge in [0.2, 0.25) is 0 Å². The Morgan fingerprint density at radius 1 is 1.20 bits per heavy atom. The number of methoxy groups -OCH3 is 1. The van der Waals surface area contributed by atoms with E-state index in [-0.39, 0.29) is 5.91 Å². The van der Waals surface area contributed by atoms with Gasteiger partial charge in [0.15, 0.2) is 6.10 Å². The van der Waals surface area contributed by atoms with Crippen LogP contribution in [0.2, 0.25) is 5.02 Å². The third-order valence-electron chi connectivity index (χ3n) is 4.77. The first-order valence-corrected chi connectivity index (χ1v) is 10.8. The van der Waals surface area contributed by atoms with E-state index in [2.05, 4.69) is 0 Å². The molecule has 0 aromatic heterocycles. The van der Waals surface area contributed by atoms with Gasteiger partial charge >= 0.3 is 5.97 Å². The van der Waals surface area contributed by atoms with E-state index >= 15 is 0 Å². The van der Waals surface area contributed by atoms with Crippen molar-refractivity contribution >= 4 is 40.9 Å². The average molecular weight is 449 g/mol. The van der Waals surface area contributed by atoms with Crippen LogP contribution in [0.3, 0.4) is 0 Å². The van der Waals surface area contributed by atoms with E-state index in [1.165, 1.54) is 18.7 Å². The van der Waals surface area contributed by atoms with Gasteiger partial charge in [-0.25, -0.2) is 0 Å². The number of amides is 1. The summed E-state index contributed by atoms with van der Waals surface area (Å²) in [4.78, 5) is 30.0. The molecule has 0 unspecified atom stereocenters. The van der Waals surface area contributed by atoms with E-state index in [4.69, 9.17) is 21.1 Å². The van der Waals surface area contributed by atoms with Gasteiger partial charge in [-0.15, -0.1) is 11.8 Å². The first kappa shape index (κ1) is 22.5. The minimum Gasteiger partial charge on any atom is -0.497 e. The summed E-state index contributed by atoms with van der Waals surface area (Å²) in [5.41, 5.74) is 1.58. The van der Waals surface area contributed by atoms with Crippen molar-refractivity contribution in [2.45, 2.75) is 23.2 Å². The quantitative estimate of drug-likeness (QED) is 0.622. The minimum absolute atomic E-state index is 0.263. The van der Waals surface area contributed by atoms with Gasteiger partial charge in [0, 0.05) is 20.0 Å². The van der Waals surface area contributed by atoms with Gasteiger partial charge in [-0.3, -0.25) is 9.59 Å². The molecule has 2 atom stereocenters. The molecule has 0 fully saturated rings. The molecule has 0 aliphatic carbocycles. The highest BCUT2D eigenvalue weighted by Gasteiger charge is 2.41. The fourth-order valence-corrected chi connectivity index (χ4v) is 4.90. The number of rotatable bonds is 6. The zero-order valence-corrected chi connectivity index (χ0v) is 19.0. The Labute approximate surface area is 186 Å². The second kappa shape index (κ2) is 9.73. The van der Waals surface area contributed by atoms with Crippen LogP contribution in [0.15, 0.2) is 47.4 Å². The summed E-state index contributed by atoms with van der Waals surface area (Å²) in [5, 5.41) is 0.109. The van der Waals surface area contributed by atoms with Crippen molar-refractivity contribution in [2.24, 2.45) is 0 Å². The van der Waals surface area contributed by atoms with Crippen LogP contribution in [0.1, 0.15) is 17.7 Å². The zero-order valence-electron chi connectivity index (χ0n) is 17.4. The first-order chi connectivity index (χ1) is 14.3. The molecule has 1 heterocycles. The van der Waals surface area contributed by atoms with Gasteiger partial charge in [0.05, 0.1) is 28.0 Å². The second-order valence-electron chi connectivity index (χ2n) is 7.22. The highest BCUT2D eigenvalue weighted by molar-refractivity contribution is 8.00. The van der Waals surface area contributed by atoms with Crippen LogP contribution in [0.4, 0.5) is 5.69 Å². The lowest BCUT2D eigenvalue weighted by molar-refractivity contribution is -0.152. The number of benzene rings is 2. The summed E-state index contributed by atoms with van der Waals surface area (Å²) in [5.74, 6) is -0.0581. The maximum absolute atomic E-state index is 13.6. The highest BCUT2D eigenvalue weighted by atomic mass is 35.5. The Morgan fingerprint density at radius 3 is 2.50 bits per heavy atom. The molecule has 160 valence electrons. The lowest BCUT2D eigenvalue weighted by Gasteiger charge is -2.28. The number of likely N-dealkylation sites (N-methyl/N-ethyl adjacent to an activating group) is 1. The number of esters is 1. The van der Waals surface area contributed by atoms with E-state index < -0.39 is 17.3 Å². The maximum atomic E-state index is 13.6. The fraction of sp³-hybridized carbons (Fsp3) is 0.364. The smallest absolute Gasteiger partial charge is 0.303 e. The number of carbonyl (C=O) groups is 2. The standard InChI is InChI=1S/C22H25ClN2O4S/c1-14(26)29-19-20(15-8-10-16(28-4)11-9-15)30-21-17(23)6-5-7-18(21)25(22(19)27)13-12-24(2)3/h5-11,19-20H,12-13H2,1-4H3/t19-,20+/m1/s1. The fourth-order valence-electron chi connectivity index (χ4n) is 3.28. The molecule has 0 radical (unpaired) electrons. The lowest BCUT2D eigenvalue weighted by Crippen LogP contribution is -2.45. The lowest BCUT2D eigenvalue weighted by atomic mass is 10.1. The largest absolute Gasteiger partial charge is 0.497 e. The Morgan fingerprint density at radius 2 is 1.90 bits per heavy atom. The van der Waals surface area contributed by atoms with E-state index in [0.717, 1.165) is 16.1 Å². The summed E-state index contributed by atoms with van der Waals surface area (Å²) < 4.78 is 10.8. The number of ether oxygens (including phenoxy) is 2. The Balaban J connectivity index is 2.11. The topological polar surface area (TPSA) is 59.1 Å². The van der Waals surface area contributed by atoms with Gasteiger partial charge in [-0.2, -0.15) is 0 Å². The van der Waals surface area contributed by atoms with Gasteiger partial charge < -0.3 is 19.3 Å². The van der Waals surface area contributed by atoms with Crippen LogP contribution in [0.5, 0.6) is 5.75 Å². The average Bonchev–Trinajstić information content (AvgIpc) is 2.82. The number of thioether (sulfide) groups is 1. The molecule has 0 N–H and O–H groups in total. The number of carbonyl (C=O) groups excluding carboxylic acids is 2. The van der Waals surface area contributed by atoms with Crippen LogP contribution < -0.4 is 9.64 Å². The number of nitrogens with zero attached hydrogens (tertiary/aromatic N) is 2. The summed E-state index contributed by atoms with van der Waals surface area (Å²) in [6, 6.07) is 12.9. The predicted octanol–water partition coefficient (Wildman–Crippen LogP) is 4.02. The van der Waals surface area contributed by atoms with Crippen molar-refractivity contribution in [2.75, 3.05) is 39.2 Å². The molecular weight excluding hydrogens is 424 g/mol. The summed E-state index contributed by atoms with van der Waals surface area (Å²) >= 11 is 7.98. The molecular formula is C22H25ClN2O4S. The van der Waals surface area contributed by atoms with Gasteiger partial charge in [0.25, 0.3) is 5.91 Å². The van der Waals surface area contributed by atoms with Gasteiger partial charge in [-0.05, 0) is 43.9 Å². The zero-order chi connectivity index (χ0) is 21.8. The SMILES string of the molecule is COc1ccc([C@@H]2Sc3c(Cl)cccc3N(CCN(C)C)C(=O)[C@@H]2OC(C)=O)cc1. The Bertz CT molecular complexity index is 920. The molecule has 30 heavy (non-hydrogen) atoms. The van der Waals surface area contributed by atoms with Crippen LogP contribution >= 0.6 is 23.4 Å². The minimum atomic E-state index is -0.980. The number of halogens is 1. The monoisotopic (exact) mass is 448 g/mol. The van der Waals surface area contributed by atoms with Crippen LogP contribution in [-0.2, 0) is 14.3 Å². The van der Waals surface area contributed by atoms with Gasteiger partial charge in [-0.1, -0.05) is 29.8 Å². The van der Waals surface area contributed by atoms with Gasteiger partial charge in [0.1, 0.15) is 5.75 Å². The van der Waals surface area contributed by atoms with E-state index in [1.807, 2.05) is 55.4 Å². The molecule has 0 spiro atoms. The van der Waals surface area contributed by atoms with Crippen LogP contribution in [-0.4, -0.2) is 57.2 Å². The van der Waals surface area contributed by atoms with Crippen molar-refractivity contribution in [1.29, 1.82) is 0 Å². The number of fused-ring (bicyclic) bond motifs is 1. The molecule has 2 aromatic rings. The number of hydrogen-bond donors (Lipinski definition) is 0. The molecule has 8 heteroatoms. The summed E-state index contributed by atoms with van der Waals surface area (Å²) in [6.45, 7) is 2.42. The third kappa shape index (κ3) is 4.91. The van der Waals surface area contributed by atoms with E-state index in [1.54, 1.807) is 18.1 Å². The normalized spacial score (nSPS) is 18.7. The molecule has 1 aliphatic rings. The molecule has 0 saturated heterocycles. The number of hydrogen-bond acceptors (Lipinski definition) is 6. The molecule has 2 aromatic carbocycles. The molecule has 0 saturated carbocycles. The van der Waals surface area contributed by atoms with Crippen molar-refractivity contribution in [3.63, 3.8) is 0 Å². The number of anilines is 1. The van der Waals surface area contributed by atoms with E-state index in [9.17, 15) is 9.59 Å². The first-order valence-electron chi connectivity index (χ1n) is 9.54. The maximum Gasteiger partial charge on any atom is 0.303 e. The molecule has 3 rings (SSSR count). The summed E-state index contributed by atoms with van der Waals surface area (Å²) in [6.07, 6.45) is -0.980. The molecule has 6 nitrogen and oxygen atoms in total. The highest BCUT2D eigenvalue weighted by Crippen LogP contribution is 2.49. The van der Waals surface area contributed by atoms with Crippen molar-refractivity contribution in [1.82, 2.24) is 4.90 Å². The molecule has 1 aliphatic heterocycles. The van der Waals surface area contributed by atoms with Crippen molar-refractivity contribution in [3.05, 3.63) is 53.1 Å². The molecule has 0 bridgehead atoms. The Hall–Kier alpha value is -2.22. The van der Waals surface area contributed by atoms with Crippen LogP contribution in [0.25, 0.3) is 0 Å². The van der Waals surface area contributed by atoms with Crippen molar-refractivity contribution < 1.29 is 19.1 Å². The predicted molar refractivity (Wildman–Crippen MR) is 120 cm³/mol. The summed E-state index contributed by atoms with van der Waals surface area (Å²) in [7, 11) is 5.48. The molecule has 1 amide bonds. The van der Waals surface area contributed by atoms with E-state index in [0.29, 0.717) is 23.9 Å². The third-order valence-corrected chi connectivity index (χ3v) is 6.64. The second-order valence-corrected chi connectivity index (χ2v) is 8.78.